The number of nitrogens with one attached hydrogen (secondary N) is 2. The molecular weight excluding hydrogens is 374 g/mol. The molecule has 1 aromatic heterocycles. The summed E-state index contributed by atoms with van der Waals surface area (Å²) in [5.74, 6) is 0.671. The van der Waals surface area contributed by atoms with Gasteiger partial charge in [-0.3, -0.25) is 4.79 Å². The smallest absolute Gasteiger partial charge is 0.270 e. The highest BCUT2D eigenvalue weighted by Crippen LogP contribution is 2.26. The number of nitrogens with zero attached hydrogens (tertiary/aromatic N) is 1. The van der Waals surface area contributed by atoms with Gasteiger partial charge in [-0.2, -0.15) is 0 Å². The fourth-order valence-corrected chi connectivity index (χ4v) is 2.92. The molecule has 0 saturated carbocycles. The van der Waals surface area contributed by atoms with E-state index in [4.69, 9.17) is 9.47 Å². The number of benzene rings is 1. The molecule has 0 fully saturated rings. The van der Waals surface area contributed by atoms with Crippen LogP contribution in [0.2, 0.25) is 0 Å². The van der Waals surface area contributed by atoms with Crippen LogP contribution in [0.1, 0.15) is 24.3 Å². The second kappa shape index (κ2) is 11.9. The topological polar surface area (TPSA) is 72.5 Å². The summed E-state index contributed by atoms with van der Waals surface area (Å²) in [6.07, 6.45) is 0.144. The van der Waals surface area contributed by atoms with Gasteiger partial charge in [-0.15, -0.1) is 23.7 Å². The molecule has 2 aromatic rings. The summed E-state index contributed by atoms with van der Waals surface area (Å²) in [5, 5.41) is 8.62. The van der Waals surface area contributed by atoms with E-state index >= 15 is 0 Å². The Balaban J connectivity index is 0.00000338. The molecule has 0 unspecified atom stereocenters. The molecule has 144 valence electrons. The highest BCUT2D eigenvalue weighted by Gasteiger charge is 2.11. The first-order valence-electron chi connectivity index (χ1n) is 8.30. The van der Waals surface area contributed by atoms with E-state index < -0.39 is 0 Å². The van der Waals surface area contributed by atoms with Crippen LogP contribution in [-0.2, 0) is 4.74 Å². The van der Waals surface area contributed by atoms with E-state index in [9.17, 15) is 4.79 Å². The summed E-state index contributed by atoms with van der Waals surface area (Å²) in [6, 6.07) is 7.75. The van der Waals surface area contributed by atoms with Crippen LogP contribution in [-0.4, -0.2) is 50.3 Å². The third-order valence-electron chi connectivity index (χ3n) is 3.28. The number of amides is 1. The van der Waals surface area contributed by atoms with Gasteiger partial charge in [0.1, 0.15) is 16.5 Å². The fraction of sp³-hybridized carbons (Fsp3) is 0.444. The van der Waals surface area contributed by atoms with Crippen LogP contribution in [0.25, 0.3) is 10.6 Å². The van der Waals surface area contributed by atoms with E-state index in [1.165, 1.54) is 11.3 Å². The summed E-state index contributed by atoms with van der Waals surface area (Å²) in [6.45, 7) is 6.66. The van der Waals surface area contributed by atoms with E-state index in [-0.39, 0.29) is 24.4 Å². The molecular formula is C18H26ClN3O3S. The van der Waals surface area contributed by atoms with Crippen LogP contribution in [0.3, 0.4) is 0 Å². The molecule has 0 saturated heterocycles. The van der Waals surface area contributed by atoms with Gasteiger partial charge >= 0.3 is 0 Å². The predicted octanol–water partition coefficient (Wildman–Crippen LogP) is 2.98. The van der Waals surface area contributed by atoms with E-state index in [0.29, 0.717) is 25.4 Å². The molecule has 0 atom stereocenters. The van der Waals surface area contributed by atoms with Crippen molar-refractivity contribution in [3.63, 3.8) is 0 Å². The number of halogens is 1. The van der Waals surface area contributed by atoms with Crippen molar-refractivity contribution in [1.29, 1.82) is 0 Å². The number of thiazole rings is 1. The second-order valence-corrected chi connectivity index (χ2v) is 6.59. The van der Waals surface area contributed by atoms with Gasteiger partial charge in [0.05, 0.1) is 12.7 Å². The van der Waals surface area contributed by atoms with Gasteiger partial charge in [-0.25, -0.2) is 4.98 Å². The maximum absolute atomic E-state index is 12.1. The zero-order chi connectivity index (χ0) is 18.1. The number of carbonyl (C=O) groups excluding carboxylic acids is 1. The van der Waals surface area contributed by atoms with Crippen LogP contribution in [0.15, 0.2) is 29.6 Å². The number of carbonyl (C=O) groups is 1. The first kappa shape index (κ1) is 22.4. The van der Waals surface area contributed by atoms with Crippen LogP contribution in [0.5, 0.6) is 5.75 Å². The Morgan fingerprint density at radius 2 is 1.92 bits per heavy atom. The minimum atomic E-state index is -0.157. The molecule has 2 N–H and O–H groups in total. The molecule has 26 heavy (non-hydrogen) atoms. The van der Waals surface area contributed by atoms with Gasteiger partial charge in [0.25, 0.3) is 5.91 Å². The standard InChI is InChI=1S/C18H25N3O3S.ClH/c1-13(2)24-15-6-4-14(5-7-15)18-21-16(12-25-18)17(22)20-9-8-19-10-11-23-3;/h4-7,12-13,19H,8-11H2,1-3H3,(H,20,22);1H. The largest absolute Gasteiger partial charge is 0.491 e. The Labute approximate surface area is 164 Å². The maximum atomic E-state index is 12.1. The van der Waals surface area contributed by atoms with Gasteiger partial charge in [-0.05, 0) is 38.1 Å². The highest BCUT2D eigenvalue weighted by molar-refractivity contribution is 7.13. The lowest BCUT2D eigenvalue weighted by molar-refractivity contribution is 0.0949. The van der Waals surface area contributed by atoms with Crippen molar-refractivity contribution < 1.29 is 14.3 Å². The van der Waals surface area contributed by atoms with Crippen LogP contribution in [0.4, 0.5) is 0 Å². The summed E-state index contributed by atoms with van der Waals surface area (Å²) in [7, 11) is 1.66. The third kappa shape index (κ3) is 7.29. The highest BCUT2D eigenvalue weighted by atomic mass is 35.5. The lowest BCUT2D eigenvalue weighted by Crippen LogP contribution is -2.33. The zero-order valence-electron chi connectivity index (χ0n) is 15.3. The Kier molecular flexibility index (Phi) is 10.2. The first-order valence-corrected chi connectivity index (χ1v) is 9.18. The number of ether oxygens (including phenoxy) is 2. The zero-order valence-corrected chi connectivity index (χ0v) is 16.9. The SMILES string of the molecule is COCCNCCNC(=O)c1csc(-c2ccc(OC(C)C)cc2)n1.Cl. The number of hydrogen-bond donors (Lipinski definition) is 2. The lowest BCUT2D eigenvalue weighted by Gasteiger charge is -2.09. The molecule has 1 aromatic carbocycles. The Morgan fingerprint density at radius 3 is 2.58 bits per heavy atom. The molecule has 0 aliphatic heterocycles. The summed E-state index contributed by atoms with van der Waals surface area (Å²) in [4.78, 5) is 16.5. The number of hydrogen-bond acceptors (Lipinski definition) is 6. The second-order valence-electron chi connectivity index (χ2n) is 5.73. The molecule has 1 heterocycles. The normalized spacial score (nSPS) is 10.5. The molecule has 6 nitrogen and oxygen atoms in total. The van der Waals surface area contributed by atoms with Gasteiger partial charge in [0.15, 0.2) is 0 Å². The van der Waals surface area contributed by atoms with Gasteiger partial charge in [0.2, 0.25) is 0 Å². The van der Waals surface area contributed by atoms with Crippen molar-refractivity contribution in [2.24, 2.45) is 0 Å². The van der Waals surface area contributed by atoms with E-state index in [1.54, 1.807) is 12.5 Å². The number of rotatable bonds is 10. The number of aromatic nitrogens is 1. The van der Waals surface area contributed by atoms with Crippen LogP contribution >= 0.6 is 23.7 Å². The van der Waals surface area contributed by atoms with Crippen molar-refractivity contribution in [3.05, 3.63) is 35.3 Å². The van der Waals surface area contributed by atoms with Crippen molar-refractivity contribution in [2.45, 2.75) is 20.0 Å². The van der Waals surface area contributed by atoms with E-state index in [2.05, 4.69) is 15.6 Å². The third-order valence-corrected chi connectivity index (χ3v) is 4.17. The quantitative estimate of drug-likeness (QED) is 0.601. The minimum Gasteiger partial charge on any atom is -0.491 e. The minimum absolute atomic E-state index is 0. The summed E-state index contributed by atoms with van der Waals surface area (Å²) < 4.78 is 10.6. The first-order chi connectivity index (χ1) is 12.1. The summed E-state index contributed by atoms with van der Waals surface area (Å²) >= 11 is 1.46. The van der Waals surface area contributed by atoms with Gasteiger partial charge in [0, 0.05) is 37.7 Å². The van der Waals surface area contributed by atoms with Gasteiger partial charge in [-0.1, -0.05) is 0 Å². The number of methoxy groups -OCH3 is 1. The molecule has 0 aliphatic carbocycles. The summed E-state index contributed by atoms with van der Waals surface area (Å²) in [5.41, 5.74) is 1.42. The Bertz CT molecular complexity index is 662. The van der Waals surface area contributed by atoms with Crippen LogP contribution < -0.4 is 15.4 Å². The average molecular weight is 400 g/mol. The molecule has 0 bridgehead atoms. The average Bonchev–Trinajstić information content (AvgIpc) is 3.08. The van der Waals surface area contributed by atoms with E-state index in [0.717, 1.165) is 22.9 Å². The Morgan fingerprint density at radius 1 is 1.19 bits per heavy atom. The van der Waals surface area contributed by atoms with E-state index in [1.807, 2.05) is 38.1 Å². The lowest BCUT2D eigenvalue weighted by atomic mass is 10.2. The van der Waals surface area contributed by atoms with Crippen LogP contribution in [0, 0.1) is 0 Å². The maximum Gasteiger partial charge on any atom is 0.270 e. The Hall–Kier alpha value is -1.67. The fourth-order valence-electron chi connectivity index (χ4n) is 2.11. The molecule has 0 aliphatic rings. The van der Waals surface area contributed by atoms with Crippen molar-refractivity contribution in [3.8, 4) is 16.3 Å². The molecule has 0 spiro atoms. The molecule has 1 amide bonds. The van der Waals surface area contributed by atoms with Crippen molar-refractivity contribution >= 4 is 29.7 Å². The molecule has 0 radical (unpaired) electrons. The molecule has 8 heteroatoms. The van der Waals surface area contributed by atoms with Crippen molar-refractivity contribution in [1.82, 2.24) is 15.6 Å². The monoisotopic (exact) mass is 399 g/mol. The predicted molar refractivity (Wildman–Crippen MR) is 108 cm³/mol. The van der Waals surface area contributed by atoms with Gasteiger partial charge < -0.3 is 20.1 Å². The van der Waals surface area contributed by atoms with Crippen molar-refractivity contribution in [2.75, 3.05) is 33.4 Å². The molecule has 2 rings (SSSR count).